The van der Waals surface area contributed by atoms with Gasteiger partial charge < -0.3 is 9.64 Å². The Morgan fingerprint density at radius 1 is 1.03 bits per heavy atom. The maximum absolute atomic E-state index is 12.7. The summed E-state index contributed by atoms with van der Waals surface area (Å²) >= 11 is 0. The summed E-state index contributed by atoms with van der Waals surface area (Å²) in [4.78, 5) is 11.5. The monoisotopic (exact) mass is 408 g/mol. The van der Waals surface area contributed by atoms with Crippen LogP contribution in [0.15, 0.2) is 71.9 Å². The fourth-order valence-electron chi connectivity index (χ4n) is 3.36. The van der Waals surface area contributed by atoms with E-state index < -0.39 is 11.0 Å². The Labute approximate surface area is 173 Å². The zero-order valence-corrected chi connectivity index (χ0v) is 17.1. The highest BCUT2D eigenvalue weighted by Crippen LogP contribution is 2.30. The van der Waals surface area contributed by atoms with Gasteiger partial charge in [-0.2, -0.15) is 0 Å². The predicted octanol–water partition coefficient (Wildman–Crippen LogP) is 3.97. The molecule has 1 atom stereocenters. The van der Waals surface area contributed by atoms with Gasteiger partial charge in [-0.25, -0.2) is 9.19 Å². The normalized spacial score (nSPS) is 15.7. The molecule has 150 valence electrons. The van der Waals surface area contributed by atoms with Gasteiger partial charge in [0.1, 0.15) is 6.10 Å². The third-order valence-corrected chi connectivity index (χ3v) is 5.99. The quantitative estimate of drug-likeness (QED) is 0.669. The molecule has 0 bridgehead atoms. The minimum Gasteiger partial charge on any atom is -0.474 e. The van der Waals surface area contributed by atoms with Crippen LogP contribution in [0.4, 0.5) is 11.4 Å². The van der Waals surface area contributed by atoms with E-state index in [1.165, 1.54) is 0 Å². The van der Waals surface area contributed by atoms with Crippen LogP contribution in [0.25, 0.3) is 0 Å². The van der Waals surface area contributed by atoms with Crippen molar-refractivity contribution in [3.63, 3.8) is 0 Å². The topological polar surface area (TPSA) is 67.4 Å². The number of ether oxygens (including phenoxy) is 1. The first-order chi connectivity index (χ1) is 14.2. The largest absolute Gasteiger partial charge is 0.474 e. The fourth-order valence-corrected chi connectivity index (χ4v) is 4.19. The van der Waals surface area contributed by atoms with Gasteiger partial charge in [0.2, 0.25) is 5.88 Å². The molecule has 1 fully saturated rings. The molecule has 29 heavy (non-hydrogen) atoms. The molecular weight excluding hydrogens is 384 g/mol. The minimum atomic E-state index is -1.36. The number of aryl methyl sites for hydroxylation is 1. The van der Waals surface area contributed by atoms with Crippen molar-refractivity contribution in [2.45, 2.75) is 30.8 Å². The van der Waals surface area contributed by atoms with Crippen molar-refractivity contribution in [3.8, 4) is 5.88 Å². The Morgan fingerprint density at radius 2 is 1.83 bits per heavy atom. The third kappa shape index (κ3) is 4.92. The first-order valence-electron chi connectivity index (χ1n) is 9.72. The van der Waals surface area contributed by atoms with Crippen LogP contribution in [0.5, 0.6) is 5.88 Å². The second-order valence-corrected chi connectivity index (χ2v) is 8.21. The number of anilines is 2. The van der Waals surface area contributed by atoms with Gasteiger partial charge >= 0.3 is 0 Å². The summed E-state index contributed by atoms with van der Waals surface area (Å²) in [5.74, 6) is 0.676. The van der Waals surface area contributed by atoms with Gasteiger partial charge in [-0.1, -0.05) is 18.2 Å². The molecule has 1 saturated heterocycles. The van der Waals surface area contributed by atoms with E-state index in [1.54, 1.807) is 12.4 Å². The lowest BCUT2D eigenvalue weighted by Gasteiger charge is -2.34. The summed E-state index contributed by atoms with van der Waals surface area (Å²) in [5, 5.41) is 0. The Bertz CT molecular complexity index is 958. The number of para-hydroxylation sites is 2. The van der Waals surface area contributed by atoms with E-state index in [0.29, 0.717) is 10.8 Å². The van der Waals surface area contributed by atoms with Gasteiger partial charge in [0.25, 0.3) is 0 Å². The molecule has 1 aliphatic rings. The maximum atomic E-state index is 12.7. The average molecular weight is 409 g/mol. The van der Waals surface area contributed by atoms with E-state index in [2.05, 4.69) is 25.7 Å². The number of hydrogen-bond acceptors (Lipinski definition) is 5. The van der Waals surface area contributed by atoms with Crippen molar-refractivity contribution < 1.29 is 8.95 Å². The van der Waals surface area contributed by atoms with Crippen molar-refractivity contribution in [2.75, 3.05) is 22.7 Å². The lowest BCUT2D eigenvalue weighted by Crippen LogP contribution is -2.38. The van der Waals surface area contributed by atoms with Crippen molar-refractivity contribution in [3.05, 3.63) is 72.7 Å². The fraction of sp³-hybridized carbons (Fsp3) is 0.273. The molecule has 0 saturated carbocycles. The minimum absolute atomic E-state index is 0.161. The summed E-state index contributed by atoms with van der Waals surface area (Å²) in [6, 6.07) is 17.4. The lowest BCUT2D eigenvalue weighted by atomic mass is 10.1. The van der Waals surface area contributed by atoms with Crippen molar-refractivity contribution in [1.82, 2.24) is 9.97 Å². The summed E-state index contributed by atoms with van der Waals surface area (Å²) in [6.07, 6.45) is 5.39. The van der Waals surface area contributed by atoms with Gasteiger partial charge in [0.05, 0.1) is 16.3 Å². The number of pyridine rings is 2. The number of nitrogens with one attached hydrogen (secondary N) is 1. The molecule has 4 rings (SSSR count). The van der Waals surface area contributed by atoms with E-state index in [9.17, 15) is 4.21 Å². The molecule has 1 N–H and O–H groups in total. The maximum Gasteiger partial charge on any atom is 0.213 e. The molecule has 3 heterocycles. The lowest BCUT2D eigenvalue weighted by molar-refractivity contribution is 0.164. The van der Waals surface area contributed by atoms with Crippen LogP contribution in [0.1, 0.15) is 18.5 Å². The molecular formula is C22H24N4O2S. The Hall–Kier alpha value is -2.93. The molecule has 1 unspecified atom stereocenters. The van der Waals surface area contributed by atoms with Gasteiger partial charge in [-0.3, -0.25) is 9.71 Å². The van der Waals surface area contributed by atoms with Crippen LogP contribution in [0.3, 0.4) is 0 Å². The number of rotatable bonds is 6. The summed E-state index contributed by atoms with van der Waals surface area (Å²) < 4.78 is 21.9. The van der Waals surface area contributed by atoms with Gasteiger partial charge in [-0.05, 0) is 37.3 Å². The van der Waals surface area contributed by atoms with Crippen LogP contribution in [0, 0.1) is 6.92 Å². The number of benzene rings is 1. The van der Waals surface area contributed by atoms with Gasteiger partial charge in [0.15, 0.2) is 11.0 Å². The first kappa shape index (κ1) is 19.4. The van der Waals surface area contributed by atoms with Crippen LogP contribution in [-0.2, 0) is 11.0 Å². The van der Waals surface area contributed by atoms with Crippen molar-refractivity contribution in [2.24, 2.45) is 0 Å². The number of aromatic nitrogens is 2. The van der Waals surface area contributed by atoms with E-state index in [-0.39, 0.29) is 6.10 Å². The van der Waals surface area contributed by atoms with Crippen molar-refractivity contribution in [1.29, 1.82) is 0 Å². The molecule has 0 amide bonds. The summed E-state index contributed by atoms with van der Waals surface area (Å²) in [6.45, 7) is 3.65. The highest BCUT2D eigenvalue weighted by Gasteiger charge is 2.23. The Balaban J connectivity index is 1.41. The molecule has 7 heteroatoms. The Morgan fingerprint density at radius 3 is 2.55 bits per heavy atom. The van der Waals surface area contributed by atoms with Crippen molar-refractivity contribution >= 4 is 22.4 Å². The summed E-state index contributed by atoms with van der Waals surface area (Å²) in [5.41, 5.74) is 2.81. The average Bonchev–Trinajstić information content (AvgIpc) is 2.76. The van der Waals surface area contributed by atoms with Crippen LogP contribution >= 0.6 is 0 Å². The van der Waals surface area contributed by atoms with Gasteiger partial charge in [0, 0.05) is 50.1 Å². The molecule has 0 spiro atoms. The zero-order valence-electron chi connectivity index (χ0n) is 16.3. The van der Waals surface area contributed by atoms with E-state index in [0.717, 1.165) is 43.0 Å². The molecule has 2 aromatic heterocycles. The standard InChI is InChI=1S/C22H24N4O2S/c1-17-9-10-19(16-24-17)29(27)25-20-6-2-3-7-21(20)26-14-11-18(12-15-26)28-22-8-4-5-13-23-22/h2-10,13,16,18,25H,11-12,14-15H2,1H3. The smallest absolute Gasteiger partial charge is 0.213 e. The van der Waals surface area contributed by atoms with Crippen LogP contribution in [0.2, 0.25) is 0 Å². The predicted molar refractivity (Wildman–Crippen MR) is 116 cm³/mol. The second kappa shape index (κ2) is 9.05. The molecule has 3 aromatic rings. The number of piperidine rings is 1. The van der Waals surface area contributed by atoms with Crippen LogP contribution in [-0.4, -0.2) is 33.4 Å². The molecule has 1 aromatic carbocycles. The number of hydrogen-bond donors (Lipinski definition) is 1. The molecule has 1 aliphatic heterocycles. The number of nitrogens with zero attached hydrogens (tertiary/aromatic N) is 3. The highest BCUT2D eigenvalue weighted by molar-refractivity contribution is 7.86. The first-order valence-corrected chi connectivity index (χ1v) is 10.9. The SMILES string of the molecule is Cc1ccc(S(=O)Nc2ccccc2N2CCC(Oc3ccccn3)CC2)cn1. The zero-order chi connectivity index (χ0) is 20.1. The van der Waals surface area contributed by atoms with E-state index >= 15 is 0 Å². The Kier molecular flexibility index (Phi) is 6.05. The second-order valence-electron chi connectivity index (χ2n) is 7.00. The van der Waals surface area contributed by atoms with Gasteiger partial charge in [-0.15, -0.1) is 0 Å². The highest BCUT2D eigenvalue weighted by atomic mass is 32.2. The molecule has 0 radical (unpaired) electrons. The van der Waals surface area contributed by atoms with Crippen LogP contribution < -0.4 is 14.4 Å². The third-order valence-electron chi connectivity index (χ3n) is 4.91. The molecule has 6 nitrogen and oxygen atoms in total. The molecule has 0 aliphatic carbocycles. The van der Waals surface area contributed by atoms with E-state index in [4.69, 9.17) is 4.74 Å². The van der Waals surface area contributed by atoms with E-state index in [1.807, 2.05) is 55.5 Å². The summed E-state index contributed by atoms with van der Waals surface area (Å²) in [7, 11) is -1.36.